The molecule has 2 N–H and O–H groups in total. The minimum absolute atomic E-state index is 0.302. The van der Waals surface area contributed by atoms with Crippen LogP contribution >= 0.6 is 0 Å². The zero-order chi connectivity index (χ0) is 9.68. The number of nitrogens with zero attached hydrogens (tertiary/aromatic N) is 2. The van der Waals surface area contributed by atoms with Crippen LogP contribution in [0.3, 0.4) is 0 Å². The third-order valence-corrected chi connectivity index (χ3v) is 1.70. The predicted molar refractivity (Wildman–Crippen MR) is 47.0 cm³/mol. The van der Waals surface area contributed by atoms with Crippen LogP contribution in [0.25, 0.3) is 0 Å². The second-order valence-corrected chi connectivity index (χ2v) is 2.93. The Bertz CT molecular complexity index is 249. The number of hydrogen-bond acceptors (Lipinski definition) is 5. The van der Waals surface area contributed by atoms with E-state index in [-0.39, 0.29) is 6.10 Å². The zero-order valence-corrected chi connectivity index (χ0v) is 7.95. The van der Waals surface area contributed by atoms with Crippen molar-refractivity contribution in [2.45, 2.75) is 32.9 Å². The Morgan fingerprint density at radius 1 is 1.62 bits per heavy atom. The van der Waals surface area contributed by atoms with Crippen molar-refractivity contribution >= 4 is 0 Å². The molecule has 0 saturated heterocycles. The summed E-state index contributed by atoms with van der Waals surface area (Å²) >= 11 is 0. The lowest BCUT2D eigenvalue weighted by atomic mass is 10.3. The molecule has 5 heteroatoms. The van der Waals surface area contributed by atoms with Crippen LogP contribution in [0.15, 0.2) is 4.52 Å². The van der Waals surface area contributed by atoms with E-state index in [4.69, 9.17) is 4.52 Å². The van der Waals surface area contributed by atoms with Crippen molar-refractivity contribution in [3.63, 3.8) is 0 Å². The fourth-order valence-electron chi connectivity index (χ4n) is 0.902. The van der Waals surface area contributed by atoms with E-state index in [9.17, 15) is 5.11 Å². The summed E-state index contributed by atoms with van der Waals surface area (Å²) in [5.41, 5.74) is 0. The van der Waals surface area contributed by atoms with Gasteiger partial charge in [-0.05, 0) is 13.3 Å². The molecule has 13 heavy (non-hydrogen) atoms. The maximum Gasteiger partial charge on any atom is 0.240 e. The highest BCUT2D eigenvalue weighted by molar-refractivity contribution is 4.81. The summed E-state index contributed by atoms with van der Waals surface area (Å²) in [6.45, 7) is 4.77. The Morgan fingerprint density at radius 3 is 2.92 bits per heavy atom. The Kier molecular flexibility index (Phi) is 3.85. The third-order valence-electron chi connectivity index (χ3n) is 1.70. The molecular weight excluding hydrogens is 170 g/mol. The maximum atomic E-state index is 9.21. The molecule has 0 aliphatic carbocycles. The van der Waals surface area contributed by atoms with Crippen molar-refractivity contribution in [1.29, 1.82) is 0 Å². The number of aromatic nitrogens is 2. The molecule has 1 atom stereocenters. The van der Waals surface area contributed by atoms with Gasteiger partial charge in [0.15, 0.2) is 5.82 Å². The van der Waals surface area contributed by atoms with Gasteiger partial charge in [0, 0.05) is 6.54 Å². The first-order valence-electron chi connectivity index (χ1n) is 4.40. The molecule has 1 aromatic heterocycles. The standard InChI is InChI=1S/C8H15N3O2/c1-3-7(12)4-9-5-8-10-6(2)11-13-8/h7,9,12H,3-5H2,1-2H3. The highest BCUT2D eigenvalue weighted by atomic mass is 16.5. The Morgan fingerprint density at radius 2 is 2.38 bits per heavy atom. The van der Waals surface area contributed by atoms with Crippen molar-refractivity contribution in [3.8, 4) is 0 Å². The molecule has 0 aliphatic heterocycles. The summed E-state index contributed by atoms with van der Waals surface area (Å²) in [7, 11) is 0. The summed E-state index contributed by atoms with van der Waals surface area (Å²) in [5, 5.41) is 15.9. The highest BCUT2D eigenvalue weighted by Gasteiger charge is 2.03. The monoisotopic (exact) mass is 185 g/mol. The van der Waals surface area contributed by atoms with Gasteiger partial charge in [0.25, 0.3) is 0 Å². The quantitative estimate of drug-likeness (QED) is 0.687. The zero-order valence-electron chi connectivity index (χ0n) is 7.95. The summed E-state index contributed by atoms with van der Waals surface area (Å²) < 4.78 is 4.87. The van der Waals surface area contributed by atoms with Crippen molar-refractivity contribution in [2.24, 2.45) is 0 Å². The number of aliphatic hydroxyl groups excluding tert-OH is 1. The molecule has 1 rings (SSSR count). The third kappa shape index (κ3) is 3.52. The second-order valence-electron chi connectivity index (χ2n) is 2.93. The summed E-state index contributed by atoms with van der Waals surface area (Å²) in [4.78, 5) is 4.01. The van der Waals surface area contributed by atoms with E-state index in [1.807, 2.05) is 6.92 Å². The van der Waals surface area contributed by atoms with Crippen LogP contribution in [-0.2, 0) is 6.54 Å². The van der Waals surface area contributed by atoms with Gasteiger partial charge in [-0.2, -0.15) is 4.98 Å². The first-order valence-corrected chi connectivity index (χ1v) is 4.40. The average molecular weight is 185 g/mol. The number of aryl methyl sites for hydroxylation is 1. The summed E-state index contributed by atoms with van der Waals surface area (Å²) in [6.07, 6.45) is 0.444. The lowest BCUT2D eigenvalue weighted by Crippen LogP contribution is -2.25. The van der Waals surface area contributed by atoms with Crippen LogP contribution in [0, 0.1) is 6.92 Å². The van der Waals surface area contributed by atoms with Gasteiger partial charge in [-0.3, -0.25) is 0 Å². The molecule has 0 saturated carbocycles. The molecule has 0 radical (unpaired) electrons. The number of aliphatic hydroxyl groups is 1. The van der Waals surface area contributed by atoms with Crippen LogP contribution < -0.4 is 5.32 Å². The number of hydrogen-bond donors (Lipinski definition) is 2. The van der Waals surface area contributed by atoms with E-state index in [1.165, 1.54) is 0 Å². The lowest BCUT2D eigenvalue weighted by molar-refractivity contribution is 0.165. The van der Waals surface area contributed by atoms with Crippen LogP contribution in [0.2, 0.25) is 0 Å². The highest BCUT2D eigenvalue weighted by Crippen LogP contribution is 1.95. The molecule has 5 nitrogen and oxygen atoms in total. The first kappa shape index (κ1) is 10.1. The molecule has 0 aliphatic rings. The number of rotatable bonds is 5. The minimum atomic E-state index is -0.302. The maximum absolute atomic E-state index is 9.21. The molecule has 0 bridgehead atoms. The van der Waals surface area contributed by atoms with Crippen LogP contribution in [0.5, 0.6) is 0 Å². The second kappa shape index (κ2) is 4.94. The van der Waals surface area contributed by atoms with Crippen molar-refractivity contribution < 1.29 is 9.63 Å². The average Bonchev–Trinajstić information content (AvgIpc) is 2.51. The van der Waals surface area contributed by atoms with Crippen LogP contribution in [0.1, 0.15) is 25.1 Å². The molecule has 0 amide bonds. The van der Waals surface area contributed by atoms with Gasteiger partial charge in [0.1, 0.15) is 0 Å². The Balaban J connectivity index is 2.20. The van der Waals surface area contributed by atoms with E-state index in [0.717, 1.165) is 6.42 Å². The molecule has 0 aromatic carbocycles. The van der Waals surface area contributed by atoms with E-state index >= 15 is 0 Å². The normalized spacial score (nSPS) is 13.2. The molecular formula is C8H15N3O2. The molecule has 1 unspecified atom stereocenters. The van der Waals surface area contributed by atoms with E-state index in [2.05, 4.69) is 15.5 Å². The van der Waals surface area contributed by atoms with Gasteiger partial charge in [0.2, 0.25) is 5.89 Å². The topological polar surface area (TPSA) is 71.2 Å². The van der Waals surface area contributed by atoms with Gasteiger partial charge in [-0.1, -0.05) is 12.1 Å². The largest absolute Gasteiger partial charge is 0.392 e. The fraction of sp³-hybridized carbons (Fsp3) is 0.750. The molecule has 0 fully saturated rings. The molecule has 1 heterocycles. The smallest absolute Gasteiger partial charge is 0.240 e. The van der Waals surface area contributed by atoms with Crippen molar-refractivity contribution in [1.82, 2.24) is 15.5 Å². The predicted octanol–water partition coefficient (Wildman–Crippen LogP) is 0.239. The number of nitrogens with one attached hydrogen (secondary N) is 1. The molecule has 1 aromatic rings. The fourth-order valence-corrected chi connectivity index (χ4v) is 0.902. The Hall–Kier alpha value is -0.940. The van der Waals surface area contributed by atoms with Gasteiger partial charge in [0.05, 0.1) is 12.6 Å². The van der Waals surface area contributed by atoms with Crippen LogP contribution in [-0.4, -0.2) is 27.9 Å². The van der Waals surface area contributed by atoms with Gasteiger partial charge in [-0.15, -0.1) is 0 Å². The first-order chi connectivity index (χ1) is 6.22. The summed E-state index contributed by atoms with van der Waals surface area (Å²) in [6, 6.07) is 0. The van der Waals surface area contributed by atoms with Gasteiger partial charge in [-0.25, -0.2) is 0 Å². The molecule has 0 spiro atoms. The Labute approximate surface area is 77.2 Å². The van der Waals surface area contributed by atoms with E-state index in [1.54, 1.807) is 6.92 Å². The summed E-state index contributed by atoms with van der Waals surface area (Å²) in [5.74, 6) is 1.19. The SMILES string of the molecule is CCC(O)CNCc1nc(C)no1. The minimum Gasteiger partial charge on any atom is -0.392 e. The van der Waals surface area contributed by atoms with Crippen molar-refractivity contribution in [3.05, 3.63) is 11.7 Å². The van der Waals surface area contributed by atoms with E-state index < -0.39 is 0 Å². The van der Waals surface area contributed by atoms with Gasteiger partial charge < -0.3 is 14.9 Å². The van der Waals surface area contributed by atoms with Gasteiger partial charge >= 0.3 is 0 Å². The van der Waals surface area contributed by atoms with Crippen LogP contribution in [0.4, 0.5) is 0 Å². The van der Waals surface area contributed by atoms with Crippen molar-refractivity contribution in [2.75, 3.05) is 6.54 Å². The molecule has 74 valence electrons. The lowest BCUT2D eigenvalue weighted by Gasteiger charge is -2.06. The van der Waals surface area contributed by atoms with E-state index in [0.29, 0.717) is 24.8 Å².